The van der Waals surface area contributed by atoms with Crippen LogP contribution >= 0.6 is 11.6 Å². The molecule has 0 aromatic heterocycles. The molecule has 0 radical (unpaired) electrons. The summed E-state index contributed by atoms with van der Waals surface area (Å²) >= 11 is 6.07. The minimum absolute atomic E-state index is 0.0221. The van der Waals surface area contributed by atoms with Gasteiger partial charge in [0.2, 0.25) is 5.91 Å². The number of benzene rings is 2. The van der Waals surface area contributed by atoms with Crippen molar-refractivity contribution in [3.63, 3.8) is 0 Å². The third-order valence-corrected chi connectivity index (χ3v) is 5.19. The molecule has 0 heterocycles. The lowest BCUT2D eigenvalue weighted by Gasteiger charge is -2.18. The fraction of sp³-hybridized carbons (Fsp3) is 0.263. The molecular formula is C19H21ClN2O4S. The Kier molecular flexibility index (Phi) is 7.38. The summed E-state index contributed by atoms with van der Waals surface area (Å²) in [6.45, 7) is 0.176. The Morgan fingerprint density at radius 3 is 2.30 bits per heavy atom. The van der Waals surface area contributed by atoms with Crippen molar-refractivity contribution in [3.8, 4) is 0 Å². The Bertz CT molecular complexity index is 901. The first-order valence-electron chi connectivity index (χ1n) is 8.31. The molecule has 2 aromatic carbocycles. The predicted octanol–water partition coefficient (Wildman–Crippen LogP) is 2.19. The first-order chi connectivity index (χ1) is 12.8. The van der Waals surface area contributed by atoms with Gasteiger partial charge in [-0.1, -0.05) is 48.0 Å². The van der Waals surface area contributed by atoms with Crippen molar-refractivity contribution < 1.29 is 18.0 Å². The molecule has 1 atom stereocenters. The SMILES string of the molecule is CS(=O)(=O)CC[C@H](NC(=O)c1ccccc1)C(=O)NCc1ccccc1Cl. The van der Waals surface area contributed by atoms with E-state index in [4.69, 9.17) is 11.6 Å². The van der Waals surface area contributed by atoms with Crippen LogP contribution in [-0.2, 0) is 21.2 Å². The number of carbonyl (C=O) groups is 2. The summed E-state index contributed by atoms with van der Waals surface area (Å²) in [5, 5.41) is 5.82. The van der Waals surface area contributed by atoms with E-state index in [2.05, 4.69) is 10.6 Å². The maximum atomic E-state index is 12.5. The minimum atomic E-state index is -3.28. The summed E-state index contributed by atoms with van der Waals surface area (Å²) in [4.78, 5) is 24.9. The average molecular weight is 409 g/mol. The van der Waals surface area contributed by atoms with Gasteiger partial charge in [-0.3, -0.25) is 9.59 Å². The largest absolute Gasteiger partial charge is 0.350 e. The van der Waals surface area contributed by atoms with Gasteiger partial charge in [-0.25, -0.2) is 8.42 Å². The van der Waals surface area contributed by atoms with Crippen LogP contribution in [0.1, 0.15) is 22.3 Å². The fourth-order valence-corrected chi connectivity index (χ4v) is 3.25. The highest BCUT2D eigenvalue weighted by Crippen LogP contribution is 2.14. The van der Waals surface area contributed by atoms with E-state index >= 15 is 0 Å². The van der Waals surface area contributed by atoms with Crippen LogP contribution in [0.15, 0.2) is 54.6 Å². The fourth-order valence-electron chi connectivity index (χ4n) is 2.38. The van der Waals surface area contributed by atoms with Crippen LogP contribution in [0, 0.1) is 0 Å². The van der Waals surface area contributed by atoms with Crippen molar-refractivity contribution in [1.82, 2.24) is 10.6 Å². The van der Waals surface area contributed by atoms with Gasteiger partial charge in [-0.05, 0) is 30.2 Å². The molecule has 144 valence electrons. The summed E-state index contributed by atoms with van der Waals surface area (Å²) < 4.78 is 23.0. The van der Waals surface area contributed by atoms with Crippen molar-refractivity contribution >= 4 is 33.3 Å². The first kappa shape index (κ1) is 20.9. The number of carbonyl (C=O) groups excluding carboxylic acids is 2. The van der Waals surface area contributed by atoms with Gasteiger partial charge in [0, 0.05) is 23.4 Å². The Balaban J connectivity index is 2.07. The van der Waals surface area contributed by atoms with E-state index in [1.165, 1.54) is 0 Å². The highest BCUT2D eigenvalue weighted by Gasteiger charge is 2.23. The van der Waals surface area contributed by atoms with Crippen LogP contribution in [0.4, 0.5) is 0 Å². The maximum Gasteiger partial charge on any atom is 0.251 e. The lowest BCUT2D eigenvalue weighted by Crippen LogP contribution is -2.47. The molecule has 0 fully saturated rings. The number of hydrogen-bond donors (Lipinski definition) is 2. The first-order valence-corrected chi connectivity index (χ1v) is 10.7. The molecule has 0 saturated heterocycles. The lowest BCUT2D eigenvalue weighted by molar-refractivity contribution is -0.123. The molecule has 2 amide bonds. The average Bonchev–Trinajstić information content (AvgIpc) is 2.64. The van der Waals surface area contributed by atoms with Gasteiger partial charge < -0.3 is 10.6 Å². The Morgan fingerprint density at radius 2 is 1.67 bits per heavy atom. The van der Waals surface area contributed by atoms with Crippen molar-refractivity contribution in [3.05, 3.63) is 70.7 Å². The molecule has 0 unspecified atom stereocenters. The number of nitrogens with one attached hydrogen (secondary N) is 2. The van der Waals surface area contributed by atoms with Crippen LogP contribution in [0.2, 0.25) is 5.02 Å². The van der Waals surface area contributed by atoms with E-state index in [0.717, 1.165) is 11.8 Å². The second-order valence-electron chi connectivity index (χ2n) is 6.12. The molecule has 2 N–H and O–H groups in total. The molecule has 0 spiro atoms. The second-order valence-corrected chi connectivity index (χ2v) is 8.79. The maximum absolute atomic E-state index is 12.5. The van der Waals surface area contributed by atoms with E-state index in [1.54, 1.807) is 54.6 Å². The van der Waals surface area contributed by atoms with Gasteiger partial charge >= 0.3 is 0 Å². The molecule has 0 bridgehead atoms. The normalized spacial score (nSPS) is 12.2. The van der Waals surface area contributed by atoms with Crippen LogP contribution in [0.25, 0.3) is 0 Å². The van der Waals surface area contributed by atoms with E-state index in [9.17, 15) is 18.0 Å². The Labute approximate surface area is 163 Å². The molecule has 2 aromatic rings. The van der Waals surface area contributed by atoms with Gasteiger partial charge in [0.1, 0.15) is 15.9 Å². The zero-order chi connectivity index (χ0) is 19.9. The Morgan fingerprint density at radius 1 is 1.04 bits per heavy atom. The van der Waals surface area contributed by atoms with Gasteiger partial charge in [-0.15, -0.1) is 0 Å². The van der Waals surface area contributed by atoms with Crippen molar-refractivity contribution in [2.24, 2.45) is 0 Å². The monoisotopic (exact) mass is 408 g/mol. The van der Waals surface area contributed by atoms with E-state index in [0.29, 0.717) is 10.6 Å². The minimum Gasteiger partial charge on any atom is -0.350 e. The van der Waals surface area contributed by atoms with Gasteiger partial charge in [-0.2, -0.15) is 0 Å². The molecule has 27 heavy (non-hydrogen) atoms. The van der Waals surface area contributed by atoms with Crippen LogP contribution in [0.3, 0.4) is 0 Å². The number of sulfone groups is 1. The number of halogens is 1. The number of hydrogen-bond acceptors (Lipinski definition) is 4. The smallest absolute Gasteiger partial charge is 0.251 e. The molecule has 0 aliphatic heterocycles. The predicted molar refractivity (Wildman–Crippen MR) is 105 cm³/mol. The quantitative estimate of drug-likeness (QED) is 0.700. The summed E-state index contributed by atoms with van der Waals surface area (Å²) in [6, 6.07) is 14.5. The van der Waals surface area contributed by atoms with Crippen LogP contribution < -0.4 is 10.6 Å². The second kappa shape index (κ2) is 9.53. The van der Waals surface area contributed by atoms with E-state index in [1.807, 2.05) is 0 Å². The van der Waals surface area contributed by atoms with Crippen molar-refractivity contribution in [1.29, 1.82) is 0 Å². The third-order valence-electron chi connectivity index (χ3n) is 3.85. The molecule has 2 rings (SSSR count). The van der Waals surface area contributed by atoms with Crippen molar-refractivity contribution in [2.75, 3.05) is 12.0 Å². The third kappa shape index (κ3) is 7.03. The highest BCUT2D eigenvalue weighted by molar-refractivity contribution is 7.90. The summed E-state index contributed by atoms with van der Waals surface area (Å²) in [6.07, 6.45) is 1.07. The molecule has 6 nitrogen and oxygen atoms in total. The zero-order valence-corrected chi connectivity index (χ0v) is 16.4. The van der Waals surface area contributed by atoms with Gasteiger partial charge in [0.15, 0.2) is 0 Å². The highest BCUT2D eigenvalue weighted by atomic mass is 35.5. The van der Waals surface area contributed by atoms with E-state index in [-0.39, 0.29) is 18.7 Å². The molecular weight excluding hydrogens is 388 g/mol. The van der Waals surface area contributed by atoms with Crippen molar-refractivity contribution in [2.45, 2.75) is 19.0 Å². The topological polar surface area (TPSA) is 92.3 Å². The van der Waals surface area contributed by atoms with E-state index < -0.39 is 27.7 Å². The van der Waals surface area contributed by atoms with Crippen LogP contribution in [0.5, 0.6) is 0 Å². The summed E-state index contributed by atoms with van der Waals surface area (Å²) in [5.74, 6) is -1.13. The lowest BCUT2D eigenvalue weighted by atomic mass is 10.1. The number of rotatable bonds is 8. The van der Waals surface area contributed by atoms with Gasteiger partial charge in [0.05, 0.1) is 5.75 Å². The van der Waals surface area contributed by atoms with Gasteiger partial charge in [0.25, 0.3) is 5.91 Å². The molecule has 8 heteroatoms. The summed E-state index contributed by atoms with van der Waals surface area (Å²) in [5.41, 5.74) is 1.12. The summed E-state index contributed by atoms with van der Waals surface area (Å²) in [7, 11) is -3.28. The number of amides is 2. The standard InChI is InChI=1S/C19H21ClN2O4S/c1-27(25,26)12-11-17(22-18(23)14-7-3-2-4-8-14)19(24)21-13-15-9-5-6-10-16(15)20/h2-10,17H,11-13H2,1H3,(H,21,24)(H,22,23)/t17-/m0/s1. The van der Waals surface area contributed by atoms with Crippen LogP contribution in [-0.4, -0.2) is 38.3 Å². The Hall–Kier alpha value is -2.38. The molecule has 0 aliphatic rings. The zero-order valence-electron chi connectivity index (χ0n) is 14.8. The molecule has 0 saturated carbocycles. The molecule has 0 aliphatic carbocycles.